The molecule has 2 unspecified atom stereocenters. The molecule has 0 aliphatic heterocycles. The van der Waals surface area contributed by atoms with Crippen molar-refractivity contribution in [1.82, 2.24) is 14.7 Å². The summed E-state index contributed by atoms with van der Waals surface area (Å²) < 4.78 is 1.62. The van der Waals surface area contributed by atoms with Gasteiger partial charge in [0.05, 0.1) is 18.2 Å². The third-order valence-corrected chi connectivity index (χ3v) is 4.63. The number of fused-ring (bicyclic) bond motifs is 1. The van der Waals surface area contributed by atoms with Crippen molar-refractivity contribution in [2.45, 2.75) is 31.8 Å². The van der Waals surface area contributed by atoms with Gasteiger partial charge in [-0.25, -0.2) is 4.98 Å². The molecule has 3 aromatic rings. The predicted molar refractivity (Wildman–Crippen MR) is 108 cm³/mol. The molecule has 0 saturated carbocycles. The van der Waals surface area contributed by atoms with Crippen LogP contribution in [0.15, 0.2) is 48.7 Å². The van der Waals surface area contributed by atoms with Crippen molar-refractivity contribution >= 4 is 17.5 Å². The van der Waals surface area contributed by atoms with Gasteiger partial charge in [-0.05, 0) is 43.2 Å². The molecule has 2 amide bonds. The summed E-state index contributed by atoms with van der Waals surface area (Å²) >= 11 is 0. The number of amides is 2. The molecule has 5 N–H and O–H groups in total. The summed E-state index contributed by atoms with van der Waals surface area (Å²) in [7, 11) is 0. The highest BCUT2D eigenvalue weighted by Crippen LogP contribution is 2.23. The van der Waals surface area contributed by atoms with E-state index in [1.165, 1.54) is 0 Å². The fourth-order valence-electron chi connectivity index (χ4n) is 3.31. The van der Waals surface area contributed by atoms with Gasteiger partial charge in [-0.1, -0.05) is 18.2 Å². The molecule has 0 bridgehead atoms. The number of hydrogen-bond acceptors (Lipinski definition) is 5. The van der Waals surface area contributed by atoms with Gasteiger partial charge in [-0.15, -0.1) is 0 Å². The molecule has 0 aliphatic carbocycles. The summed E-state index contributed by atoms with van der Waals surface area (Å²) in [6.07, 6.45) is 1.55. The van der Waals surface area contributed by atoms with E-state index in [1.807, 2.05) is 0 Å². The quantitative estimate of drug-likeness (QED) is 0.457. The van der Waals surface area contributed by atoms with Crippen molar-refractivity contribution in [3.05, 3.63) is 65.6 Å². The first-order valence-corrected chi connectivity index (χ1v) is 9.34. The van der Waals surface area contributed by atoms with Crippen LogP contribution in [0.5, 0.6) is 5.75 Å². The Morgan fingerprint density at radius 1 is 1.21 bits per heavy atom. The number of aromatic nitrogens is 2. The van der Waals surface area contributed by atoms with E-state index in [-0.39, 0.29) is 24.0 Å². The van der Waals surface area contributed by atoms with E-state index in [0.29, 0.717) is 30.0 Å². The number of aliphatic hydroxyl groups is 1. The zero-order valence-corrected chi connectivity index (χ0v) is 16.1. The lowest BCUT2D eigenvalue weighted by Crippen LogP contribution is -2.30. The molecule has 2 atom stereocenters. The lowest BCUT2D eigenvalue weighted by atomic mass is 9.93. The Morgan fingerprint density at radius 2 is 1.93 bits per heavy atom. The number of pyridine rings is 1. The van der Waals surface area contributed by atoms with E-state index in [1.54, 1.807) is 60.0 Å². The Labute approximate surface area is 168 Å². The molecule has 0 radical (unpaired) electrons. The van der Waals surface area contributed by atoms with Gasteiger partial charge in [0.1, 0.15) is 17.1 Å². The first kappa shape index (κ1) is 20.3. The van der Waals surface area contributed by atoms with E-state index in [9.17, 15) is 19.8 Å². The Bertz CT molecular complexity index is 1010. The summed E-state index contributed by atoms with van der Waals surface area (Å²) in [5.74, 6) is -0.749. The standard InChI is InChI=1S/C21H24N4O4/c1-13(26)9-15(14-5-7-17(27)8-6-14)11-23-21(29)18-3-2-4-20-24-16(10-19(22)28)12-25(18)20/h2-8,12-13,15,26-27H,9-11H2,1H3,(H2,22,28)(H,23,29). The van der Waals surface area contributed by atoms with Gasteiger partial charge in [-0.2, -0.15) is 0 Å². The predicted octanol–water partition coefficient (Wildman–Crippen LogP) is 1.35. The molecule has 1 aromatic carbocycles. The molecule has 0 saturated heterocycles. The SMILES string of the molecule is CC(O)CC(CNC(=O)c1cccc2nc(CC(N)=O)cn12)c1ccc(O)cc1. The van der Waals surface area contributed by atoms with Crippen molar-refractivity contribution in [2.75, 3.05) is 6.54 Å². The van der Waals surface area contributed by atoms with Crippen LogP contribution in [0.1, 0.15) is 41.0 Å². The zero-order valence-electron chi connectivity index (χ0n) is 16.1. The number of nitrogens with one attached hydrogen (secondary N) is 1. The summed E-state index contributed by atoms with van der Waals surface area (Å²) in [5, 5.41) is 22.2. The topological polar surface area (TPSA) is 130 Å². The van der Waals surface area contributed by atoms with Crippen molar-refractivity contribution in [1.29, 1.82) is 0 Å². The first-order chi connectivity index (χ1) is 13.8. The number of aromatic hydroxyl groups is 1. The second kappa shape index (κ2) is 8.74. The molecule has 152 valence electrons. The van der Waals surface area contributed by atoms with Crippen molar-refractivity contribution in [3.63, 3.8) is 0 Å². The molecule has 3 rings (SSSR count). The molecule has 29 heavy (non-hydrogen) atoms. The lowest BCUT2D eigenvalue weighted by molar-refractivity contribution is -0.117. The molecule has 0 fully saturated rings. The van der Waals surface area contributed by atoms with Gasteiger partial charge < -0.3 is 21.3 Å². The number of imidazole rings is 1. The lowest BCUT2D eigenvalue weighted by Gasteiger charge is -2.20. The monoisotopic (exact) mass is 396 g/mol. The first-order valence-electron chi connectivity index (χ1n) is 9.34. The van der Waals surface area contributed by atoms with Gasteiger partial charge in [0.2, 0.25) is 5.91 Å². The van der Waals surface area contributed by atoms with Crippen LogP contribution in [0.3, 0.4) is 0 Å². The third-order valence-electron chi connectivity index (χ3n) is 4.63. The summed E-state index contributed by atoms with van der Waals surface area (Å²) in [4.78, 5) is 28.3. The number of nitrogens with two attached hydrogens (primary N) is 1. The number of primary amides is 1. The normalized spacial score (nSPS) is 13.2. The van der Waals surface area contributed by atoms with E-state index in [0.717, 1.165) is 5.56 Å². The fourth-order valence-corrected chi connectivity index (χ4v) is 3.31. The minimum atomic E-state index is -0.542. The van der Waals surface area contributed by atoms with Crippen LogP contribution in [0, 0.1) is 0 Å². The number of carbonyl (C=O) groups is 2. The van der Waals surface area contributed by atoms with Gasteiger partial charge in [0.15, 0.2) is 0 Å². The second-order valence-electron chi connectivity index (χ2n) is 7.10. The smallest absolute Gasteiger partial charge is 0.268 e. The Kier molecular flexibility index (Phi) is 6.13. The Hall–Kier alpha value is -3.39. The maximum absolute atomic E-state index is 12.8. The Balaban J connectivity index is 1.78. The summed E-state index contributed by atoms with van der Waals surface area (Å²) in [6, 6.07) is 11.9. The number of carbonyl (C=O) groups excluding carboxylic acids is 2. The highest BCUT2D eigenvalue weighted by molar-refractivity contribution is 5.93. The van der Waals surface area contributed by atoms with Crippen LogP contribution < -0.4 is 11.1 Å². The number of rotatable bonds is 8. The molecule has 2 aromatic heterocycles. The Morgan fingerprint density at radius 3 is 2.59 bits per heavy atom. The molecule has 0 spiro atoms. The maximum atomic E-state index is 12.8. The van der Waals surface area contributed by atoms with Crippen molar-refractivity contribution in [3.8, 4) is 5.75 Å². The number of phenolic OH excluding ortho intramolecular Hbond substituents is 1. The number of phenols is 1. The molecule has 8 nitrogen and oxygen atoms in total. The van der Waals surface area contributed by atoms with Crippen LogP contribution in [0.25, 0.3) is 5.65 Å². The number of aliphatic hydroxyl groups excluding tert-OH is 1. The average molecular weight is 396 g/mol. The second-order valence-corrected chi connectivity index (χ2v) is 7.10. The van der Waals surface area contributed by atoms with Gasteiger partial charge in [0.25, 0.3) is 5.91 Å². The van der Waals surface area contributed by atoms with E-state index in [2.05, 4.69) is 10.3 Å². The average Bonchev–Trinajstić information content (AvgIpc) is 3.06. The molecule has 0 aliphatic rings. The maximum Gasteiger partial charge on any atom is 0.268 e. The van der Waals surface area contributed by atoms with E-state index < -0.39 is 12.0 Å². The molecule has 2 heterocycles. The van der Waals surface area contributed by atoms with Gasteiger partial charge in [-0.3, -0.25) is 14.0 Å². The highest BCUT2D eigenvalue weighted by Gasteiger charge is 2.18. The summed E-state index contributed by atoms with van der Waals surface area (Å²) in [6.45, 7) is 2.01. The van der Waals surface area contributed by atoms with Gasteiger partial charge >= 0.3 is 0 Å². The largest absolute Gasteiger partial charge is 0.508 e. The van der Waals surface area contributed by atoms with Crippen molar-refractivity contribution in [2.24, 2.45) is 5.73 Å². The number of hydrogen-bond donors (Lipinski definition) is 4. The van der Waals surface area contributed by atoms with Gasteiger partial charge in [0, 0.05) is 18.7 Å². The van der Waals surface area contributed by atoms with Crippen molar-refractivity contribution < 1.29 is 19.8 Å². The van der Waals surface area contributed by atoms with Crippen LogP contribution in [0.2, 0.25) is 0 Å². The number of nitrogens with zero attached hydrogens (tertiary/aromatic N) is 2. The fraction of sp³-hybridized carbons (Fsp3) is 0.286. The molecular formula is C21H24N4O4. The van der Waals surface area contributed by atoms with Crippen LogP contribution in [-0.2, 0) is 11.2 Å². The van der Waals surface area contributed by atoms with Crippen LogP contribution in [0.4, 0.5) is 0 Å². The zero-order chi connectivity index (χ0) is 21.0. The third kappa shape index (κ3) is 5.11. The van der Waals surface area contributed by atoms with Crippen LogP contribution in [-0.4, -0.2) is 44.1 Å². The van der Waals surface area contributed by atoms with E-state index in [4.69, 9.17) is 5.73 Å². The van der Waals surface area contributed by atoms with E-state index >= 15 is 0 Å². The highest BCUT2D eigenvalue weighted by atomic mass is 16.3. The minimum Gasteiger partial charge on any atom is -0.508 e. The number of benzene rings is 1. The summed E-state index contributed by atoms with van der Waals surface area (Å²) in [5.41, 5.74) is 7.56. The van der Waals surface area contributed by atoms with Crippen LogP contribution >= 0.6 is 0 Å². The molecular weight excluding hydrogens is 372 g/mol. The minimum absolute atomic E-state index is 0.0000536. The molecule has 8 heteroatoms.